The average Bonchev–Trinajstić information content (AvgIpc) is 3.42. The Morgan fingerprint density at radius 2 is 1.83 bits per heavy atom. The SMILES string of the molecule is CC(C)C(=O)N1CCN(c2cc(Br)cc3c2nnn3-c2nnc(CO[Si](C)(C)C(C)(C)C)s2)CC1. The number of fused-ring (bicyclic) bond motifs is 1. The maximum Gasteiger partial charge on any atom is 0.234 e. The van der Waals surface area contributed by atoms with Gasteiger partial charge in [0, 0.05) is 36.6 Å². The van der Waals surface area contributed by atoms with E-state index in [1.165, 1.54) is 11.3 Å². The standard InChI is InChI=1S/C23H34BrN7O2SSi/c1-15(2)21(32)30-10-8-29(9-11-30)17-12-16(24)13-18-20(17)26-28-31(18)22-27-25-19(34-22)14-33-35(6,7)23(3,4)5/h12-13,15H,8-11,14H2,1-7H3. The Kier molecular flexibility index (Phi) is 7.38. The number of halogens is 1. The Labute approximate surface area is 220 Å². The molecule has 3 heterocycles. The molecule has 9 nitrogen and oxygen atoms in total. The van der Waals surface area contributed by atoms with Gasteiger partial charge in [0.25, 0.3) is 0 Å². The fourth-order valence-electron chi connectivity index (χ4n) is 3.73. The van der Waals surface area contributed by atoms with E-state index in [-0.39, 0.29) is 16.9 Å². The van der Waals surface area contributed by atoms with Gasteiger partial charge in [-0.1, -0.05) is 67.1 Å². The molecule has 4 rings (SSSR count). The van der Waals surface area contributed by atoms with Crippen molar-refractivity contribution in [2.45, 2.75) is 59.4 Å². The van der Waals surface area contributed by atoms with E-state index in [0.29, 0.717) is 24.8 Å². The summed E-state index contributed by atoms with van der Waals surface area (Å²) in [7, 11) is -1.87. The van der Waals surface area contributed by atoms with Crippen molar-refractivity contribution in [2.75, 3.05) is 31.1 Å². The predicted octanol–water partition coefficient (Wildman–Crippen LogP) is 4.86. The molecule has 0 unspecified atom stereocenters. The Morgan fingerprint density at radius 3 is 2.46 bits per heavy atom. The van der Waals surface area contributed by atoms with Crippen molar-refractivity contribution in [3.63, 3.8) is 0 Å². The molecule has 2 aromatic heterocycles. The van der Waals surface area contributed by atoms with Crippen molar-refractivity contribution in [3.05, 3.63) is 21.6 Å². The second-order valence-corrected chi connectivity index (χ2v) is 17.6. The minimum atomic E-state index is -1.87. The highest BCUT2D eigenvalue weighted by molar-refractivity contribution is 9.10. The van der Waals surface area contributed by atoms with Crippen LogP contribution in [0.25, 0.3) is 16.2 Å². The monoisotopic (exact) mass is 579 g/mol. The van der Waals surface area contributed by atoms with E-state index in [2.05, 4.69) is 81.3 Å². The number of piperazine rings is 1. The predicted molar refractivity (Wildman–Crippen MR) is 146 cm³/mol. The van der Waals surface area contributed by atoms with Crippen LogP contribution in [0.2, 0.25) is 18.1 Å². The number of hydrogen-bond acceptors (Lipinski definition) is 8. The molecule has 1 saturated heterocycles. The zero-order valence-corrected chi connectivity index (χ0v) is 24.9. The highest BCUT2D eigenvalue weighted by Crippen LogP contribution is 2.37. The molecule has 12 heteroatoms. The maximum atomic E-state index is 12.4. The van der Waals surface area contributed by atoms with Crippen LogP contribution in [0.4, 0.5) is 5.69 Å². The van der Waals surface area contributed by atoms with Gasteiger partial charge in [0.2, 0.25) is 11.0 Å². The Morgan fingerprint density at radius 1 is 1.14 bits per heavy atom. The van der Waals surface area contributed by atoms with Crippen molar-refractivity contribution < 1.29 is 9.22 Å². The van der Waals surface area contributed by atoms with Crippen molar-refractivity contribution in [1.82, 2.24) is 30.1 Å². The van der Waals surface area contributed by atoms with Crippen LogP contribution in [0, 0.1) is 5.92 Å². The zero-order chi connectivity index (χ0) is 25.5. The molecule has 0 aliphatic carbocycles. The van der Waals surface area contributed by atoms with Crippen LogP contribution in [-0.2, 0) is 15.8 Å². The number of carbonyl (C=O) groups excluding carboxylic acids is 1. The van der Waals surface area contributed by atoms with Gasteiger partial charge in [0.15, 0.2) is 8.32 Å². The van der Waals surface area contributed by atoms with E-state index in [1.54, 1.807) is 4.68 Å². The van der Waals surface area contributed by atoms with Crippen LogP contribution in [-0.4, -0.2) is 70.5 Å². The van der Waals surface area contributed by atoms with Gasteiger partial charge in [0.1, 0.15) is 16.0 Å². The number of hydrogen-bond donors (Lipinski definition) is 0. The summed E-state index contributed by atoms with van der Waals surface area (Å²) < 4.78 is 9.00. The summed E-state index contributed by atoms with van der Waals surface area (Å²) in [6, 6.07) is 4.07. The van der Waals surface area contributed by atoms with E-state index in [4.69, 9.17) is 4.43 Å². The second kappa shape index (κ2) is 9.87. The Hall–Kier alpha value is -1.89. The van der Waals surface area contributed by atoms with Crippen LogP contribution in [0.5, 0.6) is 0 Å². The molecule has 0 radical (unpaired) electrons. The van der Waals surface area contributed by atoms with E-state index < -0.39 is 8.32 Å². The lowest BCUT2D eigenvalue weighted by Gasteiger charge is -2.37. The van der Waals surface area contributed by atoms with Crippen LogP contribution < -0.4 is 4.90 Å². The van der Waals surface area contributed by atoms with Crippen molar-refractivity contribution in [2.24, 2.45) is 5.92 Å². The number of benzene rings is 1. The molecule has 1 aliphatic heterocycles. The van der Waals surface area contributed by atoms with E-state index >= 15 is 0 Å². The first-order valence-corrected chi connectivity index (χ1v) is 16.4. The van der Waals surface area contributed by atoms with Gasteiger partial charge in [-0.2, -0.15) is 4.68 Å². The quantitative estimate of drug-likeness (QED) is 0.385. The molecule has 0 saturated carbocycles. The molecule has 0 spiro atoms. The van der Waals surface area contributed by atoms with E-state index in [1.807, 2.05) is 24.8 Å². The number of carbonyl (C=O) groups is 1. The first-order valence-electron chi connectivity index (χ1n) is 11.9. The Balaban J connectivity index is 1.55. The zero-order valence-electron chi connectivity index (χ0n) is 21.5. The van der Waals surface area contributed by atoms with Crippen LogP contribution in [0.1, 0.15) is 39.6 Å². The van der Waals surface area contributed by atoms with Crippen LogP contribution >= 0.6 is 27.3 Å². The van der Waals surface area contributed by atoms with Crippen LogP contribution in [0.3, 0.4) is 0 Å². The third-order valence-corrected chi connectivity index (χ3v) is 12.7. The second-order valence-electron chi connectivity index (χ2n) is 10.8. The molecule has 0 atom stereocenters. The van der Waals surface area contributed by atoms with Gasteiger partial charge in [-0.3, -0.25) is 4.79 Å². The molecular formula is C23H34BrN7O2SSi. The van der Waals surface area contributed by atoms with Gasteiger partial charge in [-0.25, -0.2) is 0 Å². The van der Waals surface area contributed by atoms with Crippen molar-refractivity contribution >= 4 is 58.2 Å². The van der Waals surface area contributed by atoms with Crippen molar-refractivity contribution in [3.8, 4) is 5.13 Å². The number of rotatable bonds is 6. The van der Waals surface area contributed by atoms with Gasteiger partial charge in [-0.15, -0.1) is 15.3 Å². The molecule has 0 bridgehead atoms. The maximum absolute atomic E-state index is 12.4. The summed E-state index contributed by atoms with van der Waals surface area (Å²) in [5, 5.41) is 19.3. The van der Waals surface area contributed by atoms with E-state index in [0.717, 1.165) is 39.3 Å². The highest BCUT2D eigenvalue weighted by atomic mass is 79.9. The minimum Gasteiger partial charge on any atom is -0.410 e. The third-order valence-electron chi connectivity index (χ3n) is 6.92. The lowest BCUT2D eigenvalue weighted by molar-refractivity contribution is -0.134. The molecule has 1 aromatic carbocycles. The van der Waals surface area contributed by atoms with Crippen LogP contribution in [0.15, 0.2) is 16.6 Å². The Bertz CT molecular complexity index is 1210. The lowest BCUT2D eigenvalue weighted by Crippen LogP contribution is -2.50. The number of anilines is 1. The third kappa shape index (κ3) is 5.45. The normalized spacial score (nSPS) is 15.5. The fraction of sp³-hybridized carbons (Fsp3) is 0.609. The molecule has 1 aliphatic rings. The average molecular weight is 581 g/mol. The molecule has 1 fully saturated rings. The number of aromatic nitrogens is 5. The summed E-state index contributed by atoms with van der Waals surface area (Å²) in [6.45, 7) is 18.4. The largest absolute Gasteiger partial charge is 0.410 e. The van der Waals surface area contributed by atoms with Crippen molar-refractivity contribution in [1.29, 1.82) is 0 Å². The van der Waals surface area contributed by atoms with Gasteiger partial charge >= 0.3 is 0 Å². The number of nitrogens with zero attached hydrogens (tertiary/aromatic N) is 7. The highest BCUT2D eigenvalue weighted by Gasteiger charge is 2.37. The summed E-state index contributed by atoms with van der Waals surface area (Å²) >= 11 is 5.13. The molecule has 0 N–H and O–H groups in total. The lowest BCUT2D eigenvalue weighted by atomic mass is 10.1. The van der Waals surface area contributed by atoms with Gasteiger partial charge in [-0.05, 0) is 30.3 Å². The summed E-state index contributed by atoms with van der Waals surface area (Å²) in [5.41, 5.74) is 2.68. The summed E-state index contributed by atoms with van der Waals surface area (Å²) in [6.07, 6.45) is 0. The van der Waals surface area contributed by atoms with Gasteiger partial charge in [0.05, 0.1) is 12.3 Å². The first-order chi connectivity index (χ1) is 16.4. The molecular weight excluding hydrogens is 546 g/mol. The smallest absolute Gasteiger partial charge is 0.234 e. The first kappa shape index (κ1) is 26.2. The number of amides is 1. The molecule has 1 amide bonds. The summed E-state index contributed by atoms with van der Waals surface area (Å²) in [4.78, 5) is 16.6. The van der Waals surface area contributed by atoms with E-state index in [9.17, 15) is 4.79 Å². The fourth-order valence-corrected chi connectivity index (χ4v) is 5.92. The topological polar surface area (TPSA) is 89.3 Å². The minimum absolute atomic E-state index is 0.0168. The summed E-state index contributed by atoms with van der Waals surface area (Å²) in [5.74, 6) is 0.225. The molecule has 3 aromatic rings. The molecule has 190 valence electrons. The molecule has 35 heavy (non-hydrogen) atoms. The van der Waals surface area contributed by atoms with Gasteiger partial charge < -0.3 is 14.2 Å².